The third-order valence-electron chi connectivity index (χ3n) is 7.97. The van der Waals surface area contributed by atoms with Crippen molar-refractivity contribution in [1.82, 2.24) is 0 Å². The second-order valence-electron chi connectivity index (χ2n) is 10.8. The largest absolute Gasteiger partial charge is 1.00 e. The summed E-state index contributed by atoms with van der Waals surface area (Å²) in [7, 11) is -1.10. The number of furan rings is 1. The van der Waals surface area contributed by atoms with E-state index in [2.05, 4.69) is 88.5 Å². The van der Waals surface area contributed by atoms with Crippen molar-refractivity contribution >= 4 is 19.3 Å². The van der Waals surface area contributed by atoms with Crippen molar-refractivity contribution < 1.29 is 54.0 Å². The SMILES string of the molecule is CC1=C2c3cc(C)oc3C1[Si]2(C)C.CCCCc1ccc(-c2cccc3c2C=C(C)[CH]3[Zr+2])cc1.[Cl-].[Cl-]. The van der Waals surface area contributed by atoms with Crippen molar-refractivity contribution in [2.24, 2.45) is 0 Å². The fourth-order valence-electron chi connectivity index (χ4n) is 6.32. The molecule has 7 rings (SSSR count). The van der Waals surface area contributed by atoms with Gasteiger partial charge in [-0.3, -0.25) is 0 Å². The van der Waals surface area contributed by atoms with E-state index >= 15 is 0 Å². The maximum absolute atomic E-state index is 5.78. The van der Waals surface area contributed by atoms with Gasteiger partial charge in [-0.15, -0.1) is 0 Å². The molecule has 5 heteroatoms. The van der Waals surface area contributed by atoms with Crippen LogP contribution in [-0.4, -0.2) is 8.07 Å². The quantitative estimate of drug-likeness (QED) is 0.413. The molecule has 0 saturated carbocycles. The minimum Gasteiger partial charge on any atom is -1.00 e. The molecule has 3 heterocycles. The van der Waals surface area contributed by atoms with Crippen LogP contribution in [0.1, 0.15) is 76.6 Å². The number of hydrogen-bond donors (Lipinski definition) is 0. The summed E-state index contributed by atoms with van der Waals surface area (Å²) in [5.74, 6) is 2.35. The first kappa shape index (κ1) is 29.4. The Morgan fingerprint density at radius 3 is 2.25 bits per heavy atom. The maximum Gasteiger partial charge on any atom is -1.00 e. The molecule has 2 atom stereocenters. The van der Waals surface area contributed by atoms with E-state index in [0.717, 1.165) is 5.76 Å². The molecule has 2 aliphatic carbocycles. The minimum atomic E-state index is -1.10. The van der Waals surface area contributed by atoms with Crippen LogP contribution in [0.4, 0.5) is 0 Å². The zero-order chi connectivity index (χ0) is 24.2. The van der Waals surface area contributed by atoms with Crippen LogP contribution < -0.4 is 24.8 Å². The minimum absolute atomic E-state index is 0. The van der Waals surface area contributed by atoms with Gasteiger partial charge in [-0.2, -0.15) is 0 Å². The van der Waals surface area contributed by atoms with E-state index in [1.54, 1.807) is 35.5 Å². The van der Waals surface area contributed by atoms with Gasteiger partial charge in [0, 0.05) is 11.1 Å². The average Bonchev–Trinajstić information content (AvgIpc) is 3.46. The first-order valence-corrected chi connectivity index (χ1v) is 17.2. The first-order chi connectivity index (χ1) is 16.2. The molecular formula is C31H35Cl2OSiZr. The molecule has 2 aromatic carbocycles. The zero-order valence-electron chi connectivity index (χ0n) is 22.1. The Hall–Kier alpha value is -1.12. The molecule has 36 heavy (non-hydrogen) atoms. The van der Waals surface area contributed by atoms with Crippen LogP contribution in [0.5, 0.6) is 0 Å². The molecule has 1 aromatic heterocycles. The van der Waals surface area contributed by atoms with Gasteiger partial charge >= 0.3 is 143 Å². The molecule has 0 radical (unpaired) electrons. The number of rotatable bonds is 4. The predicted molar refractivity (Wildman–Crippen MR) is 143 cm³/mol. The summed E-state index contributed by atoms with van der Waals surface area (Å²) in [6.07, 6.45) is 6.12. The van der Waals surface area contributed by atoms with Crippen molar-refractivity contribution in [1.29, 1.82) is 0 Å². The number of allylic oxidation sites excluding steroid dienone is 2. The Morgan fingerprint density at radius 1 is 0.944 bits per heavy atom. The van der Waals surface area contributed by atoms with Crippen LogP contribution in [0, 0.1) is 6.92 Å². The summed E-state index contributed by atoms with van der Waals surface area (Å²) >= 11 is 1.59. The molecule has 2 unspecified atom stereocenters. The van der Waals surface area contributed by atoms with Crippen LogP contribution in [0.3, 0.4) is 0 Å². The van der Waals surface area contributed by atoms with Gasteiger partial charge in [0.05, 0.1) is 8.07 Å². The predicted octanol–water partition coefficient (Wildman–Crippen LogP) is 2.97. The van der Waals surface area contributed by atoms with Crippen LogP contribution in [-0.2, 0) is 31.1 Å². The molecule has 0 fully saturated rings. The van der Waals surface area contributed by atoms with E-state index in [1.807, 2.05) is 6.92 Å². The van der Waals surface area contributed by atoms with Crippen LogP contribution in [0.15, 0.2) is 64.1 Å². The van der Waals surface area contributed by atoms with Gasteiger partial charge in [0.2, 0.25) is 0 Å². The van der Waals surface area contributed by atoms with Crippen molar-refractivity contribution in [3.63, 3.8) is 0 Å². The molecule has 0 amide bonds. The topological polar surface area (TPSA) is 13.1 Å². The molecule has 0 spiro atoms. The average molecular weight is 614 g/mol. The Labute approximate surface area is 245 Å². The normalized spacial score (nSPS) is 19.7. The first-order valence-electron chi connectivity index (χ1n) is 12.7. The third kappa shape index (κ3) is 4.86. The number of aryl methyl sites for hydroxylation is 2. The molecule has 3 aromatic rings. The number of benzene rings is 2. The van der Waals surface area contributed by atoms with Gasteiger partial charge in [-0.05, 0) is 25.1 Å². The van der Waals surface area contributed by atoms with Gasteiger partial charge in [-0.1, -0.05) is 18.7 Å². The molecule has 0 saturated heterocycles. The number of fused-ring (bicyclic) bond motifs is 1. The van der Waals surface area contributed by atoms with E-state index in [1.165, 1.54) is 64.0 Å². The Kier molecular flexibility index (Phi) is 9.26. The second kappa shape index (κ2) is 11.3. The fourth-order valence-corrected chi connectivity index (χ4v) is 11.4. The number of hydrogen-bond acceptors (Lipinski definition) is 1. The summed E-state index contributed by atoms with van der Waals surface area (Å²) < 4.78 is 6.43. The van der Waals surface area contributed by atoms with Gasteiger partial charge in [0.1, 0.15) is 11.5 Å². The van der Waals surface area contributed by atoms with Crippen molar-refractivity contribution in [2.75, 3.05) is 0 Å². The summed E-state index contributed by atoms with van der Waals surface area (Å²) in [5, 5.41) is 1.67. The van der Waals surface area contributed by atoms with Crippen LogP contribution in [0.2, 0.25) is 13.1 Å². The van der Waals surface area contributed by atoms with Gasteiger partial charge in [-0.25, -0.2) is 0 Å². The smallest absolute Gasteiger partial charge is 1.00 e. The summed E-state index contributed by atoms with van der Waals surface area (Å²) in [6.45, 7) is 13.7. The van der Waals surface area contributed by atoms with Gasteiger partial charge < -0.3 is 29.2 Å². The van der Waals surface area contributed by atoms with Crippen molar-refractivity contribution in [2.45, 2.75) is 69.2 Å². The van der Waals surface area contributed by atoms with E-state index in [9.17, 15) is 0 Å². The van der Waals surface area contributed by atoms with E-state index in [-0.39, 0.29) is 24.8 Å². The Morgan fingerprint density at radius 2 is 1.64 bits per heavy atom. The molecule has 1 nitrogen and oxygen atoms in total. The standard InChI is InChI=1S/C20H21.C11H14OSi.2ClH.Zr/c1-3-4-6-16-9-11-17(12-10-16)19-8-5-7-18-13-15(2)14-20(18)19;1-6-5-8-9(12-6)11-7(2)10(8)13(11,3)4;;;/h5,7-14H,3-4,6H2,1-2H3;5,11H,1-4H3;2*1H;/q;;;;+2/p-2. The molecular weight excluding hydrogens is 579 g/mol. The molecule has 2 bridgehead atoms. The van der Waals surface area contributed by atoms with Crippen LogP contribution in [0.25, 0.3) is 22.4 Å². The van der Waals surface area contributed by atoms with E-state index in [4.69, 9.17) is 4.42 Å². The van der Waals surface area contributed by atoms with Crippen molar-refractivity contribution in [3.8, 4) is 11.1 Å². The number of halogens is 2. The molecule has 187 valence electrons. The summed E-state index contributed by atoms with van der Waals surface area (Å²) in [6, 6.07) is 18.2. The van der Waals surface area contributed by atoms with E-state index < -0.39 is 8.07 Å². The molecule has 2 aliphatic heterocycles. The summed E-state index contributed by atoms with van der Waals surface area (Å²) in [4.78, 5) is 0. The van der Waals surface area contributed by atoms with Gasteiger partial charge in [0.25, 0.3) is 0 Å². The zero-order valence-corrected chi connectivity index (χ0v) is 27.1. The fraction of sp³-hybridized carbons (Fsp3) is 0.355. The molecule has 4 aliphatic rings. The Balaban J connectivity index is 0.000000208. The van der Waals surface area contributed by atoms with E-state index in [0.29, 0.717) is 9.17 Å². The summed E-state index contributed by atoms with van der Waals surface area (Å²) in [5.41, 5.74) is 12.4. The third-order valence-corrected chi connectivity index (χ3v) is 13.9. The maximum atomic E-state index is 5.78. The second-order valence-corrected chi connectivity index (χ2v) is 16.7. The number of unbranched alkanes of at least 4 members (excludes halogenated alkanes) is 1. The van der Waals surface area contributed by atoms with Crippen molar-refractivity contribution in [3.05, 3.63) is 93.5 Å². The molecule has 0 N–H and O–H groups in total. The monoisotopic (exact) mass is 611 g/mol. The van der Waals surface area contributed by atoms with Crippen LogP contribution >= 0.6 is 0 Å². The van der Waals surface area contributed by atoms with Gasteiger partial charge in [0.15, 0.2) is 0 Å². The Bertz CT molecular complexity index is 1320.